The molecule has 2 aromatic rings. The van der Waals surface area contributed by atoms with E-state index < -0.39 is 17.4 Å². The van der Waals surface area contributed by atoms with Gasteiger partial charge in [-0.05, 0) is 31.9 Å². The molecule has 0 unspecified atom stereocenters. The van der Waals surface area contributed by atoms with Crippen molar-refractivity contribution in [2.45, 2.75) is 19.8 Å². The molecular formula is C22H22N4O6. The van der Waals surface area contributed by atoms with Crippen molar-refractivity contribution in [1.29, 1.82) is 0 Å². The average Bonchev–Trinajstić information content (AvgIpc) is 3.07. The summed E-state index contributed by atoms with van der Waals surface area (Å²) in [5.41, 5.74) is 5.75. The second kappa shape index (κ2) is 8.29. The average molecular weight is 438 g/mol. The molecule has 166 valence electrons. The Labute approximate surface area is 182 Å². The van der Waals surface area contributed by atoms with Crippen molar-refractivity contribution in [3.8, 4) is 5.69 Å². The Morgan fingerprint density at radius 2 is 1.81 bits per heavy atom. The third-order valence-electron chi connectivity index (χ3n) is 5.73. The fourth-order valence-electron chi connectivity index (χ4n) is 4.13. The van der Waals surface area contributed by atoms with Crippen LogP contribution in [0.3, 0.4) is 0 Å². The van der Waals surface area contributed by atoms with Crippen molar-refractivity contribution in [2.75, 3.05) is 25.4 Å². The highest BCUT2D eigenvalue weighted by molar-refractivity contribution is 6.23. The number of pyridine rings is 1. The highest BCUT2D eigenvalue weighted by atomic mass is 16.5. The molecule has 3 amide bonds. The minimum atomic E-state index is -0.693. The summed E-state index contributed by atoms with van der Waals surface area (Å²) in [4.78, 5) is 63.7. The maximum atomic E-state index is 13.3. The van der Waals surface area contributed by atoms with Crippen LogP contribution < -0.4 is 16.6 Å². The van der Waals surface area contributed by atoms with Gasteiger partial charge in [0.15, 0.2) is 0 Å². The van der Waals surface area contributed by atoms with Crippen LogP contribution in [0.2, 0.25) is 0 Å². The summed E-state index contributed by atoms with van der Waals surface area (Å²) in [6.07, 6.45) is 0.964. The lowest BCUT2D eigenvalue weighted by Gasteiger charge is -2.31. The van der Waals surface area contributed by atoms with E-state index in [0.29, 0.717) is 32.5 Å². The van der Waals surface area contributed by atoms with Gasteiger partial charge in [-0.1, -0.05) is 12.1 Å². The van der Waals surface area contributed by atoms with Gasteiger partial charge in [-0.3, -0.25) is 33.9 Å². The zero-order valence-electron chi connectivity index (χ0n) is 17.4. The number of nitrogens with one attached hydrogen (secondary N) is 1. The van der Waals surface area contributed by atoms with Crippen molar-refractivity contribution < 1.29 is 23.9 Å². The van der Waals surface area contributed by atoms with Crippen LogP contribution in [0, 0.1) is 5.92 Å². The number of benzene rings is 1. The lowest BCUT2D eigenvalue weighted by molar-refractivity contribution is -0.149. The number of hydrogen-bond acceptors (Lipinski definition) is 7. The van der Waals surface area contributed by atoms with Gasteiger partial charge in [-0.2, -0.15) is 0 Å². The van der Waals surface area contributed by atoms with Crippen LogP contribution in [0.5, 0.6) is 0 Å². The zero-order valence-corrected chi connectivity index (χ0v) is 17.4. The highest BCUT2D eigenvalue weighted by Gasteiger charge is 2.33. The Bertz CT molecular complexity index is 1190. The first-order valence-corrected chi connectivity index (χ1v) is 10.3. The van der Waals surface area contributed by atoms with Crippen molar-refractivity contribution in [1.82, 2.24) is 14.8 Å². The van der Waals surface area contributed by atoms with E-state index in [9.17, 15) is 24.0 Å². The Morgan fingerprint density at radius 3 is 2.50 bits per heavy atom. The molecule has 3 N–H and O–H groups in total. The number of para-hydroxylation sites is 1. The summed E-state index contributed by atoms with van der Waals surface area (Å²) in [5, 5.41) is 2.12. The van der Waals surface area contributed by atoms with Gasteiger partial charge in [0, 0.05) is 19.2 Å². The first-order chi connectivity index (χ1) is 15.3. The molecule has 3 heterocycles. The molecule has 10 nitrogen and oxygen atoms in total. The maximum Gasteiger partial charge on any atom is 0.309 e. The molecule has 1 aromatic carbocycles. The number of likely N-dealkylation sites (tertiary alicyclic amines) is 1. The first kappa shape index (κ1) is 21.3. The minimum absolute atomic E-state index is 0.0846. The second-order valence-electron chi connectivity index (χ2n) is 7.61. The fourth-order valence-corrected chi connectivity index (χ4v) is 4.13. The molecule has 1 aromatic heterocycles. The number of imide groups is 1. The van der Waals surface area contributed by atoms with Crippen molar-refractivity contribution in [3.63, 3.8) is 0 Å². The number of carbonyl (C=O) groups is 4. The Balaban J connectivity index is 1.67. The van der Waals surface area contributed by atoms with Crippen LogP contribution in [-0.2, 0) is 9.53 Å². The minimum Gasteiger partial charge on any atom is -0.466 e. The molecule has 10 heteroatoms. The van der Waals surface area contributed by atoms with E-state index in [4.69, 9.17) is 10.5 Å². The Hall–Kier alpha value is -3.95. The van der Waals surface area contributed by atoms with E-state index >= 15 is 0 Å². The van der Waals surface area contributed by atoms with Crippen molar-refractivity contribution in [2.24, 2.45) is 5.92 Å². The topological polar surface area (TPSA) is 141 Å². The van der Waals surface area contributed by atoms with Crippen molar-refractivity contribution in [3.05, 3.63) is 57.4 Å². The van der Waals surface area contributed by atoms with Gasteiger partial charge in [0.05, 0.1) is 34.9 Å². The van der Waals surface area contributed by atoms with Gasteiger partial charge in [0.25, 0.3) is 23.3 Å². The predicted octanol–water partition coefficient (Wildman–Crippen LogP) is 0.719. The number of hydrogen-bond donors (Lipinski definition) is 2. The highest BCUT2D eigenvalue weighted by Crippen LogP contribution is 2.26. The number of fused-ring (bicyclic) bond motifs is 1. The molecule has 0 saturated carbocycles. The van der Waals surface area contributed by atoms with Gasteiger partial charge in [-0.25, -0.2) is 0 Å². The summed E-state index contributed by atoms with van der Waals surface area (Å²) in [6.45, 7) is 2.79. The van der Waals surface area contributed by atoms with Crippen LogP contribution in [-0.4, -0.2) is 52.9 Å². The molecule has 2 aliphatic heterocycles. The van der Waals surface area contributed by atoms with Gasteiger partial charge < -0.3 is 15.4 Å². The molecule has 32 heavy (non-hydrogen) atoms. The van der Waals surface area contributed by atoms with Gasteiger partial charge in [0.2, 0.25) is 0 Å². The normalized spacial score (nSPS) is 16.0. The van der Waals surface area contributed by atoms with Crippen LogP contribution in [0.4, 0.5) is 5.82 Å². The van der Waals surface area contributed by atoms with E-state index in [2.05, 4.69) is 5.32 Å². The number of nitrogens with two attached hydrogens (primary N) is 1. The van der Waals surface area contributed by atoms with Crippen LogP contribution in [0.1, 0.15) is 50.8 Å². The number of piperidine rings is 1. The third kappa shape index (κ3) is 3.53. The fraction of sp³-hybridized carbons (Fsp3) is 0.318. The van der Waals surface area contributed by atoms with E-state index in [-0.39, 0.29) is 46.0 Å². The summed E-state index contributed by atoms with van der Waals surface area (Å²) in [5.74, 6) is -2.42. The number of carbonyl (C=O) groups excluding carboxylic acids is 4. The molecule has 0 aliphatic carbocycles. The molecule has 0 atom stereocenters. The Kier molecular flexibility index (Phi) is 5.52. The second-order valence-corrected chi connectivity index (χ2v) is 7.61. The molecule has 2 aliphatic rings. The monoisotopic (exact) mass is 438 g/mol. The Morgan fingerprint density at radius 1 is 1.12 bits per heavy atom. The van der Waals surface area contributed by atoms with Gasteiger partial charge in [-0.15, -0.1) is 0 Å². The van der Waals surface area contributed by atoms with Crippen LogP contribution in [0.15, 0.2) is 35.1 Å². The summed E-state index contributed by atoms with van der Waals surface area (Å²) >= 11 is 0. The van der Waals surface area contributed by atoms with Crippen molar-refractivity contribution >= 4 is 29.5 Å². The predicted molar refractivity (Wildman–Crippen MR) is 114 cm³/mol. The van der Waals surface area contributed by atoms with E-state index in [0.717, 1.165) is 10.6 Å². The number of nitrogens with zero attached hydrogens (tertiary/aromatic N) is 2. The van der Waals surface area contributed by atoms with E-state index in [1.54, 1.807) is 36.1 Å². The van der Waals surface area contributed by atoms with Gasteiger partial charge in [0.1, 0.15) is 5.82 Å². The molecule has 1 saturated heterocycles. The molecule has 0 spiro atoms. The van der Waals surface area contributed by atoms with E-state index in [1.807, 2.05) is 0 Å². The molecule has 0 radical (unpaired) electrons. The molecule has 1 fully saturated rings. The van der Waals surface area contributed by atoms with Gasteiger partial charge >= 0.3 is 5.97 Å². The number of aromatic nitrogens is 1. The number of rotatable bonds is 4. The largest absolute Gasteiger partial charge is 0.466 e. The molecule has 4 rings (SSSR count). The lowest BCUT2D eigenvalue weighted by Crippen LogP contribution is -2.41. The summed E-state index contributed by atoms with van der Waals surface area (Å²) in [6, 6.07) is 7.46. The van der Waals surface area contributed by atoms with E-state index in [1.165, 1.54) is 0 Å². The summed E-state index contributed by atoms with van der Waals surface area (Å²) in [7, 11) is 0. The molecular weight excluding hydrogens is 416 g/mol. The third-order valence-corrected chi connectivity index (χ3v) is 5.73. The zero-order chi connectivity index (χ0) is 23.0. The summed E-state index contributed by atoms with van der Waals surface area (Å²) < 4.78 is 6.13. The lowest BCUT2D eigenvalue weighted by atomic mass is 9.96. The SMILES string of the molecule is CCOC(=O)C1CCN(C(=O)c2ccccc2-n2c(N)c3c(cc2=O)C(=O)NC3=O)CC1. The number of amides is 3. The standard InChI is InChI=1S/C22H22N4O6/c1-2-32-22(31)12-7-9-25(10-8-12)21(30)13-5-3-4-6-15(13)26-16(27)11-14-17(18(26)23)20(29)24-19(14)28/h3-6,11-12H,2,7-10,23H2,1H3,(H,24,28,29). The van der Waals surface area contributed by atoms with Crippen LogP contribution >= 0.6 is 0 Å². The number of nitrogen functional groups attached to an aromatic ring is 1. The van der Waals surface area contributed by atoms with Crippen LogP contribution in [0.25, 0.3) is 5.69 Å². The molecule has 0 bridgehead atoms. The number of esters is 1. The smallest absolute Gasteiger partial charge is 0.309 e. The first-order valence-electron chi connectivity index (χ1n) is 10.3. The number of anilines is 1. The quantitative estimate of drug-likeness (QED) is 0.529. The maximum absolute atomic E-state index is 13.3. The number of ether oxygens (including phenoxy) is 1.